The summed E-state index contributed by atoms with van der Waals surface area (Å²) in [7, 11) is 1.46. The van der Waals surface area contributed by atoms with E-state index in [-0.39, 0.29) is 11.3 Å². The fourth-order valence-electron chi connectivity index (χ4n) is 3.23. The predicted octanol–water partition coefficient (Wildman–Crippen LogP) is 2.75. The molecule has 172 valence electrons. The first-order valence-corrected chi connectivity index (χ1v) is 11.2. The van der Waals surface area contributed by atoms with E-state index >= 15 is 0 Å². The minimum atomic E-state index is -0.643. The molecule has 0 radical (unpaired) electrons. The second-order valence-electron chi connectivity index (χ2n) is 7.28. The number of aryl methyl sites for hydroxylation is 2. The number of benzene rings is 2. The average molecular weight is 476 g/mol. The molecule has 2 N–H and O–H groups in total. The van der Waals surface area contributed by atoms with Gasteiger partial charge in [-0.15, -0.1) is 11.3 Å². The lowest BCUT2D eigenvalue weighted by Crippen LogP contribution is -2.42. The zero-order valence-electron chi connectivity index (χ0n) is 18.4. The number of amides is 2. The largest absolute Gasteiger partial charge is 0.487 e. The summed E-state index contributed by atoms with van der Waals surface area (Å²) in [5.41, 5.74) is 5.90. The van der Waals surface area contributed by atoms with E-state index in [0.29, 0.717) is 28.7 Å². The van der Waals surface area contributed by atoms with Crippen molar-refractivity contribution < 1.29 is 14.3 Å². The lowest BCUT2D eigenvalue weighted by molar-refractivity contribution is -0.117. The van der Waals surface area contributed by atoms with E-state index in [2.05, 4.69) is 20.9 Å². The van der Waals surface area contributed by atoms with Gasteiger partial charge in [0.2, 0.25) is 0 Å². The van der Waals surface area contributed by atoms with Crippen molar-refractivity contribution in [2.45, 2.75) is 13.5 Å². The van der Waals surface area contributed by atoms with Crippen molar-refractivity contribution in [3.8, 4) is 5.75 Å². The van der Waals surface area contributed by atoms with Gasteiger partial charge in [-0.2, -0.15) is 5.10 Å². The number of nitrogens with one attached hydrogen (secondary N) is 2. The smallest absolute Gasteiger partial charge is 0.290 e. The molecule has 2 amide bonds. The summed E-state index contributed by atoms with van der Waals surface area (Å²) in [5, 5.41) is 7.69. The molecule has 0 aliphatic rings. The van der Waals surface area contributed by atoms with Gasteiger partial charge in [-0.3, -0.25) is 25.2 Å². The van der Waals surface area contributed by atoms with Crippen LogP contribution in [0.25, 0.3) is 16.8 Å². The summed E-state index contributed by atoms with van der Waals surface area (Å²) in [6.45, 7) is 2.25. The first-order chi connectivity index (χ1) is 16.4. The molecule has 2 aromatic carbocycles. The second-order valence-corrected chi connectivity index (χ2v) is 8.35. The molecule has 2 aromatic heterocycles. The molecule has 0 aliphatic carbocycles. The zero-order valence-corrected chi connectivity index (χ0v) is 19.3. The SMILES string of the molecule is Cc1nc(COc2ccccc2/C=C/C(=O)NNC(=O)c2nn(C)c(=O)c3ccccc23)cs1. The van der Waals surface area contributed by atoms with Crippen LogP contribution in [0.3, 0.4) is 0 Å². The van der Waals surface area contributed by atoms with Gasteiger partial charge in [0.05, 0.1) is 16.1 Å². The molecule has 34 heavy (non-hydrogen) atoms. The monoisotopic (exact) mass is 475 g/mol. The van der Waals surface area contributed by atoms with Crippen LogP contribution in [0.2, 0.25) is 0 Å². The van der Waals surface area contributed by atoms with Gasteiger partial charge in [0.25, 0.3) is 17.4 Å². The fraction of sp³-hybridized carbons (Fsp3) is 0.125. The van der Waals surface area contributed by atoms with E-state index in [1.54, 1.807) is 47.7 Å². The standard InChI is InChI=1S/C24H21N5O4S/c1-15-25-17(14-34-15)13-33-20-10-6-3-7-16(20)11-12-21(30)26-27-23(31)22-18-8-4-5-9-19(18)24(32)29(2)28-22/h3-12,14H,13H2,1-2H3,(H,26,30)(H,27,31)/b12-11+. The van der Waals surface area contributed by atoms with E-state index in [4.69, 9.17) is 4.74 Å². The van der Waals surface area contributed by atoms with Crippen molar-refractivity contribution >= 4 is 40.0 Å². The highest BCUT2D eigenvalue weighted by molar-refractivity contribution is 7.09. The number of hydrogen-bond acceptors (Lipinski definition) is 7. The van der Waals surface area contributed by atoms with Gasteiger partial charge in [0, 0.05) is 29.5 Å². The molecule has 9 nitrogen and oxygen atoms in total. The average Bonchev–Trinajstić information content (AvgIpc) is 3.27. The third-order valence-corrected chi connectivity index (χ3v) is 5.67. The third kappa shape index (κ3) is 5.18. The maximum Gasteiger partial charge on any atom is 0.290 e. The molecule has 0 saturated heterocycles. The van der Waals surface area contributed by atoms with Crippen molar-refractivity contribution in [1.82, 2.24) is 25.6 Å². The Morgan fingerprint density at radius 1 is 1.09 bits per heavy atom. The number of ether oxygens (including phenoxy) is 1. The molecule has 2 heterocycles. The molecule has 4 aromatic rings. The number of hydrazine groups is 1. The number of nitrogens with zero attached hydrogens (tertiary/aromatic N) is 3. The van der Waals surface area contributed by atoms with E-state index < -0.39 is 11.8 Å². The van der Waals surface area contributed by atoms with Gasteiger partial charge in [-0.1, -0.05) is 36.4 Å². The number of rotatable bonds is 6. The van der Waals surface area contributed by atoms with Gasteiger partial charge in [-0.25, -0.2) is 9.67 Å². The summed E-state index contributed by atoms with van der Waals surface area (Å²) in [6, 6.07) is 13.9. The number of fused-ring (bicyclic) bond motifs is 1. The van der Waals surface area contributed by atoms with Crippen molar-refractivity contribution in [1.29, 1.82) is 0 Å². The molecular formula is C24H21N5O4S. The van der Waals surface area contributed by atoms with Gasteiger partial charge >= 0.3 is 0 Å². The third-order valence-electron chi connectivity index (χ3n) is 4.85. The number of hydrogen-bond donors (Lipinski definition) is 2. The molecule has 10 heteroatoms. The molecule has 0 fully saturated rings. The van der Waals surface area contributed by atoms with Crippen LogP contribution < -0.4 is 21.1 Å². The molecule has 0 bridgehead atoms. The fourth-order valence-corrected chi connectivity index (χ4v) is 3.83. The van der Waals surface area contributed by atoms with Crippen LogP contribution in [0.15, 0.2) is 64.8 Å². The number of para-hydroxylation sites is 1. The van der Waals surface area contributed by atoms with Crippen molar-refractivity contribution in [3.63, 3.8) is 0 Å². The summed E-state index contributed by atoms with van der Waals surface area (Å²) < 4.78 is 6.93. The lowest BCUT2D eigenvalue weighted by Gasteiger charge is -2.09. The zero-order chi connectivity index (χ0) is 24.1. The Labute approximate surface area is 198 Å². The Bertz CT molecular complexity index is 1460. The maximum absolute atomic E-state index is 12.6. The van der Waals surface area contributed by atoms with Crippen molar-refractivity contribution in [2.24, 2.45) is 7.05 Å². The lowest BCUT2D eigenvalue weighted by atomic mass is 10.1. The highest BCUT2D eigenvalue weighted by Gasteiger charge is 2.15. The number of carbonyl (C=O) groups is 2. The van der Waals surface area contributed by atoms with Crippen LogP contribution in [-0.2, 0) is 18.4 Å². The van der Waals surface area contributed by atoms with E-state index in [0.717, 1.165) is 15.4 Å². The summed E-state index contributed by atoms with van der Waals surface area (Å²) in [5.74, 6) is -0.592. The maximum atomic E-state index is 12.6. The molecule has 4 rings (SSSR count). The number of aromatic nitrogens is 3. The minimum Gasteiger partial charge on any atom is -0.487 e. The van der Waals surface area contributed by atoms with Crippen LogP contribution in [0.5, 0.6) is 5.75 Å². The van der Waals surface area contributed by atoms with Gasteiger partial charge < -0.3 is 4.74 Å². The number of carbonyl (C=O) groups excluding carboxylic acids is 2. The van der Waals surface area contributed by atoms with Crippen LogP contribution in [0.4, 0.5) is 0 Å². The first-order valence-electron chi connectivity index (χ1n) is 10.3. The summed E-state index contributed by atoms with van der Waals surface area (Å²) >= 11 is 1.55. The molecule has 0 atom stereocenters. The van der Waals surface area contributed by atoms with Gasteiger partial charge in [0.1, 0.15) is 12.4 Å². The molecular weight excluding hydrogens is 454 g/mol. The quantitative estimate of drug-likeness (QED) is 0.327. The second kappa shape index (κ2) is 10.1. The van der Waals surface area contributed by atoms with Crippen molar-refractivity contribution in [3.05, 3.63) is 92.3 Å². The molecule has 0 spiro atoms. The minimum absolute atomic E-state index is 0.0259. The van der Waals surface area contributed by atoms with Crippen LogP contribution in [0, 0.1) is 6.92 Å². The highest BCUT2D eigenvalue weighted by Crippen LogP contribution is 2.21. The van der Waals surface area contributed by atoms with Gasteiger partial charge in [0.15, 0.2) is 5.69 Å². The van der Waals surface area contributed by atoms with E-state index in [9.17, 15) is 14.4 Å². The van der Waals surface area contributed by atoms with Gasteiger partial charge in [-0.05, 0) is 25.1 Å². The Morgan fingerprint density at radius 3 is 2.59 bits per heavy atom. The topological polar surface area (TPSA) is 115 Å². The van der Waals surface area contributed by atoms with E-state index in [1.807, 2.05) is 30.5 Å². The Hall–Kier alpha value is -4.31. The van der Waals surface area contributed by atoms with Crippen LogP contribution in [-0.4, -0.2) is 26.6 Å². The highest BCUT2D eigenvalue weighted by atomic mass is 32.1. The van der Waals surface area contributed by atoms with Crippen molar-refractivity contribution in [2.75, 3.05) is 0 Å². The molecule has 0 unspecified atom stereocenters. The first kappa shape index (κ1) is 22.9. The van der Waals surface area contributed by atoms with Crippen LogP contribution >= 0.6 is 11.3 Å². The van der Waals surface area contributed by atoms with Crippen LogP contribution in [0.1, 0.15) is 26.8 Å². The number of thiazole rings is 1. The normalized spacial score (nSPS) is 11.0. The molecule has 0 saturated carbocycles. The predicted molar refractivity (Wildman–Crippen MR) is 129 cm³/mol. The Morgan fingerprint density at radius 2 is 1.82 bits per heavy atom. The molecule has 0 aliphatic heterocycles. The summed E-state index contributed by atoms with van der Waals surface area (Å²) in [6.07, 6.45) is 2.87. The summed E-state index contributed by atoms with van der Waals surface area (Å²) in [4.78, 5) is 41.5. The Balaban J connectivity index is 1.41. The Kier molecular flexibility index (Phi) is 6.79. The van der Waals surface area contributed by atoms with E-state index in [1.165, 1.54) is 13.1 Å².